The summed E-state index contributed by atoms with van der Waals surface area (Å²) in [6, 6.07) is 15.9. The van der Waals surface area contributed by atoms with E-state index in [1.807, 2.05) is 11.9 Å². The molecule has 190 valence electrons. The summed E-state index contributed by atoms with van der Waals surface area (Å²) in [6.07, 6.45) is 11.1. The smallest absolute Gasteiger partial charge is 0.251 e. The summed E-state index contributed by atoms with van der Waals surface area (Å²) >= 11 is 0. The van der Waals surface area contributed by atoms with Crippen molar-refractivity contribution in [1.29, 1.82) is 0 Å². The molecule has 4 heteroatoms. The summed E-state index contributed by atoms with van der Waals surface area (Å²) < 4.78 is 33.6. The van der Waals surface area contributed by atoms with E-state index in [1.165, 1.54) is 40.3 Å². The zero-order valence-corrected chi connectivity index (χ0v) is 21.5. The Bertz CT molecular complexity index is 1270. The minimum absolute atomic E-state index is 0.149. The average molecular weight is 490 g/mol. The molecule has 2 heterocycles. The van der Waals surface area contributed by atoms with Gasteiger partial charge in [0, 0.05) is 6.04 Å². The predicted octanol–water partition coefficient (Wildman–Crippen LogP) is 7.65. The van der Waals surface area contributed by atoms with Crippen molar-refractivity contribution in [3.8, 4) is 0 Å². The minimum atomic E-state index is -2.29. The largest absolute Gasteiger partial charge is 0.359 e. The molecule has 1 saturated heterocycles. The molecule has 7 rings (SSSR count). The van der Waals surface area contributed by atoms with E-state index in [1.54, 1.807) is 0 Å². The highest BCUT2D eigenvalue weighted by molar-refractivity contribution is 5.83. The van der Waals surface area contributed by atoms with Crippen molar-refractivity contribution in [2.75, 3.05) is 13.6 Å². The zero-order valence-electron chi connectivity index (χ0n) is 21.5. The van der Waals surface area contributed by atoms with Gasteiger partial charge in [0.1, 0.15) is 0 Å². The second-order valence-electron chi connectivity index (χ2n) is 12.5. The van der Waals surface area contributed by atoms with E-state index >= 15 is 0 Å². The maximum Gasteiger partial charge on any atom is 0.251 e. The first kappa shape index (κ1) is 23.1. The van der Waals surface area contributed by atoms with Gasteiger partial charge < -0.3 is 4.74 Å². The lowest BCUT2D eigenvalue weighted by atomic mass is 9.58. The Labute approximate surface area is 213 Å². The molecule has 3 fully saturated rings. The molecule has 2 aliphatic heterocycles. The fourth-order valence-electron chi connectivity index (χ4n) is 9.10. The Hall–Kier alpha value is -2.04. The number of ether oxygens (including phenoxy) is 1. The average Bonchev–Trinajstić information content (AvgIpc) is 3.38. The van der Waals surface area contributed by atoms with Gasteiger partial charge >= 0.3 is 0 Å². The van der Waals surface area contributed by atoms with E-state index in [9.17, 15) is 8.78 Å². The third kappa shape index (κ3) is 3.19. The number of allylic oxidation sites excluding steroid dienone is 1. The van der Waals surface area contributed by atoms with E-state index in [-0.39, 0.29) is 29.2 Å². The Balaban J connectivity index is 1.22. The van der Waals surface area contributed by atoms with Gasteiger partial charge in [0.15, 0.2) is 0 Å². The van der Waals surface area contributed by atoms with Gasteiger partial charge in [-0.1, -0.05) is 61.5 Å². The molecule has 2 aromatic rings. The molecule has 0 aromatic heterocycles. The van der Waals surface area contributed by atoms with Crippen LogP contribution in [0.15, 0.2) is 65.8 Å². The number of benzene rings is 2. The van der Waals surface area contributed by atoms with Crippen molar-refractivity contribution in [3.05, 3.63) is 71.3 Å². The molecule has 0 amide bonds. The maximum atomic E-state index is 13.1. The van der Waals surface area contributed by atoms with Crippen LogP contribution >= 0.6 is 0 Å². The third-order valence-corrected chi connectivity index (χ3v) is 10.9. The Morgan fingerprint density at radius 1 is 1.06 bits per heavy atom. The van der Waals surface area contributed by atoms with E-state index in [4.69, 9.17) is 4.74 Å². The topological polar surface area (TPSA) is 12.5 Å². The van der Waals surface area contributed by atoms with Crippen LogP contribution in [0.2, 0.25) is 0 Å². The number of hydrogen-bond donors (Lipinski definition) is 0. The SMILES string of the molecule is CN(CC(F)F)[C@H]1CCC2=CC3=CC[C@]4(C)[C@@H](c5ccc6ccccc6c5)CC[C@H]4[C@@]34CCC2(C1)O4. The van der Waals surface area contributed by atoms with Gasteiger partial charge in [-0.3, -0.25) is 4.90 Å². The van der Waals surface area contributed by atoms with E-state index in [2.05, 4.69) is 61.5 Å². The molecule has 5 aliphatic rings. The fraction of sp³-hybridized carbons (Fsp3) is 0.562. The van der Waals surface area contributed by atoms with Crippen LogP contribution in [-0.4, -0.2) is 42.2 Å². The van der Waals surface area contributed by atoms with Crippen LogP contribution in [0.1, 0.15) is 69.8 Å². The summed E-state index contributed by atoms with van der Waals surface area (Å²) in [5, 5.41) is 2.63. The van der Waals surface area contributed by atoms with Gasteiger partial charge in [0.25, 0.3) is 6.43 Å². The molecule has 2 aromatic carbocycles. The first-order chi connectivity index (χ1) is 17.3. The highest BCUT2D eigenvalue weighted by Gasteiger charge is 2.66. The summed E-state index contributed by atoms with van der Waals surface area (Å²) in [5.41, 5.74) is 4.03. The molecule has 3 aliphatic carbocycles. The molecule has 0 radical (unpaired) electrons. The molecular formula is C32H37F2NO. The van der Waals surface area contributed by atoms with Crippen LogP contribution in [0.3, 0.4) is 0 Å². The van der Waals surface area contributed by atoms with E-state index < -0.39 is 6.43 Å². The Morgan fingerprint density at radius 3 is 2.72 bits per heavy atom. The molecule has 6 atom stereocenters. The molecule has 2 spiro atoms. The lowest BCUT2D eigenvalue weighted by Gasteiger charge is -2.55. The lowest BCUT2D eigenvalue weighted by Crippen LogP contribution is -2.55. The van der Waals surface area contributed by atoms with Crippen LogP contribution in [0.4, 0.5) is 8.78 Å². The van der Waals surface area contributed by atoms with Crippen LogP contribution in [0.25, 0.3) is 10.8 Å². The van der Waals surface area contributed by atoms with Crippen molar-refractivity contribution in [2.24, 2.45) is 11.3 Å². The van der Waals surface area contributed by atoms with Crippen molar-refractivity contribution in [3.63, 3.8) is 0 Å². The van der Waals surface area contributed by atoms with Gasteiger partial charge in [-0.25, -0.2) is 8.78 Å². The quantitative estimate of drug-likeness (QED) is 0.437. The first-order valence-corrected chi connectivity index (χ1v) is 13.9. The molecule has 0 N–H and O–H groups in total. The molecular weight excluding hydrogens is 452 g/mol. The van der Waals surface area contributed by atoms with E-state index in [0.29, 0.717) is 11.8 Å². The number of alkyl halides is 2. The summed E-state index contributed by atoms with van der Waals surface area (Å²) in [4.78, 5) is 1.88. The van der Waals surface area contributed by atoms with Crippen molar-refractivity contribution >= 4 is 10.8 Å². The van der Waals surface area contributed by atoms with E-state index in [0.717, 1.165) is 38.5 Å². The monoisotopic (exact) mass is 489 g/mol. The molecule has 36 heavy (non-hydrogen) atoms. The lowest BCUT2D eigenvalue weighted by molar-refractivity contribution is -0.141. The molecule has 2 bridgehead atoms. The summed E-state index contributed by atoms with van der Waals surface area (Å²) in [7, 11) is 1.86. The van der Waals surface area contributed by atoms with Gasteiger partial charge in [0.2, 0.25) is 0 Å². The van der Waals surface area contributed by atoms with Gasteiger partial charge in [-0.05, 0) is 103 Å². The summed E-state index contributed by atoms with van der Waals surface area (Å²) in [6.45, 7) is 2.37. The van der Waals surface area contributed by atoms with Crippen LogP contribution in [-0.2, 0) is 4.74 Å². The van der Waals surface area contributed by atoms with Gasteiger partial charge in [-0.2, -0.15) is 0 Å². The van der Waals surface area contributed by atoms with Gasteiger partial charge in [0.05, 0.1) is 17.7 Å². The standard InChI is InChI=1S/C32H37F2NO/c1-30-14-13-25-18-24-9-10-26(35(2)20-29(33)34)19-31(24)15-16-32(25,36-31)28(30)12-11-27(30)23-8-7-21-5-3-4-6-22(21)17-23/h3-8,13,17-18,26-29H,9-12,14-16,19-20H2,1-2H3/t26-,27+,28+,30+,31?,32+/m0/s1. The Morgan fingerprint density at radius 2 is 1.89 bits per heavy atom. The molecule has 2 saturated carbocycles. The normalized spacial score (nSPS) is 39.1. The Kier molecular flexibility index (Phi) is 5.12. The number of hydrogen-bond acceptors (Lipinski definition) is 2. The van der Waals surface area contributed by atoms with Crippen molar-refractivity contribution in [1.82, 2.24) is 4.90 Å². The highest BCUT2D eigenvalue weighted by Crippen LogP contribution is 2.69. The zero-order chi connectivity index (χ0) is 24.7. The van der Waals surface area contributed by atoms with Crippen LogP contribution in [0, 0.1) is 11.3 Å². The second-order valence-corrected chi connectivity index (χ2v) is 12.5. The third-order valence-electron chi connectivity index (χ3n) is 10.9. The number of fused-ring (bicyclic) bond motifs is 2. The molecule has 2 nitrogen and oxygen atoms in total. The first-order valence-electron chi connectivity index (χ1n) is 13.9. The van der Waals surface area contributed by atoms with Crippen LogP contribution < -0.4 is 0 Å². The predicted molar refractivity (Wildman–Crippen MR) is 140 cm³/mol. The van der Waals surface area contributed by atoms with Crippen LogP contribution in [0.5, 0.6) is 0 Å². The van der Waals surface area contributed by atoms with Gasteiger partial charge in [-0.15, -0.1) is 0 Å². The van der Waals surface area contributed by atoms with Crippen molar-refractivity contribution < 1.29 is 13.5 Å². The minimum Gasteiger partial charge on any atom is -0.359 e. The number of halogens is 2. The fourth-order valence-corrected chi connectivity index (χ4v) is 9.10. The highest BCUT2D eigenvalue weighted by atomic mass is 19.3. The number of rotatable bonds is 4. The summed E-state index contributed by atoms with van der Waals surface area (Å²) in [5.74, 6) is 1.03. The maximum absolute atomic E-state index is 13.1. The second kappa shape index (κ2) is 7.98. The number of nitrogens with zero attached hydrogens (tertiary/aromatic N) is 1. The van der Waals surface area contributed by atoms with Crippen molar-refractivity contribution in [2.45, 2.75) is 87.9 Å². The molecule has 1 unspecified atom stereocenters.